The summed E-state index contributed by atoms with van der Waals surface area (Å²) in [5.74, 6) is -0.233. The normalized spacial score (nSPS) is 24.7. The molecule has 2 aliphatic rings. The number of alkyl carbamates (subject to hydrolysis) is 1. The van der Waals surface area contributed by atoms with Gasteiger partial charge in [-0.2, -0.15) is 0 Å². The molecule has 8 nitrogen and oxygen atoms in total. The Morgan fingerprint density at radius 1 is 1.52 bits per heavy atom. The summed E-state index contributed by atoms with van der Waals surface area (Å²) in [5.41, 5.74) is -1.91. The number of nitro groups is 1. The molecule has 2 atom stereocenters. The number of aliphatic imine (C=N–C) groups is 1. The van der Waals surface area contributed by atoms with E-state index in [-0.39, 0.29) is 28.9 Å². The van der Waals surface area contributed by atoms with Gasteiger partial charge in [0.15, 0.2) is 5.17 Å². The van der Waals surface area contributed by atoms with E-state index in [1.807, 2.05) is 0 Å². The van der Waals surface area contributed by atoms with Crippen LogP contribution in [0, 0.1) is 21.8 Å². The monoisotopic (exact) mass is 397 g/mol. The van der Waals surface area contributed by atoms with Crippen molar-refractivity contribution in [2.24, 2.45) is 10.9 Å². The third kappa shape index (κ3) is 4.06. The first-order chi connectivity index (χ1) is 12.6. The van der Waals surface area contributed by atoms with Crippen LogP contribution in [0.15, 0.2) is 23.2 Å². The summed E-state index contributed by atoms with van der Waals surface area (Å²) < 4.78 is 25.4. The lowest BCUT2D eigenvalue weighted by atomic mass is 9.81. The minimum atomic E-state index is -1.12. The average Bonchev–Trinajstić information content (AvgIpc) is 2.97. The maximum absolute atomic E-state index is 14.6. The number of non-ortho nitro benzene ring substituents is 1. The summed E-state index contributed by atoms with van der Waals surface area (Å²) >= 11 is 1.31. The van der Waals surface area contributed by atoms with Crippen LogP contribution in [0.1, 0.15) is 26.3 Å². The minimum Gasteiger partial charge on any atom is -0.444 e. The number of amides is 1. The molecule has 0 aromatic heterocycles. The summed E-state index contributed by atoms with van der Waals surface area (Å²) in [4.78, 5) is 27.1. The fourth-order valence-corrected chi connectivity index (χ4v) is 4.20. The van der Waals surface area contributed by atoms with Gasteiger partial charge in [-0.25, -0.2) is 14.2 Å². The van der Waals surface area contributed by atoms with Crippen LogP contribution >= 0.6 is 11.8 Å². The van der Waals surface area contributed by atoms with E-state index in [0.29, 0.717) is 12.4 Å². The summed E-state index contributed by atoms with van der Waals surface area (Å²) in [7, 11) is 0. The number of nitrogens with zero attached hydrogens (tertiary/aromatic N) is 2. The molecule has 1 N–H and O–H groups in total. The van der Waals surface area contributed by atoms with Crippen molar-refractivity contribution in [3.05, 3.63) is 39.7 Å². The number of carbonyl (C=O) groups excluding carboxylic acids is 1. The van der Waals surface area contributed by atoms with Crippen molar-refractivity contribution in [1.82, 2.24) is 5.32 Å². The largest absolute Gasteiger partial charge is 0.444 e. The molecule has 10 heteroatoms. The van der Waals surface area contributed by atoms with Gasteiger partial charge in [-0.3, -0.25) is 15.4 Å². The first kappa shape index (κ1) is 19.6. The second-order valence-electron chi connectivity index (χ2n) is 7.41. The molecule has 2 unspecified atom stereocenters. The Hall–Kier alpha value is -2.20. The molecule has 1 saturated heterocycles. The van der Waals surface area contributed by atoms with Crippen molar-refractivity contribution in [2.45, 2.75) is 31.9 Å². The molecular weight excluding hydrogens is 377 g/mol. The van der Waals surface area contributed by atoms with E-state index in [1.165, 1.54) is 17.8 Å². The maximum Gasteiger partial charge on any atom is 0.413 e. The quantitative estimate of drug-likeness (QED) is 0.607. The lowest BCUT2D eigenvalue weighted by molar-refractivity contribution is -0.385. The van der Waals surface area contributed by atoms with Crippen molar-refractivity contribution in [3.8, 4) is 0 Å². The Morgan fingerprint density at radius 2 is 2.26 bits per heavy atom. The fourth-order valence-electron chi connectivity index (χ4n) is 3.09. The minimum absolute atomic E-state index is 0.0792. The smallest absolute Gasteiger partial charge is 0.413 e. The van der Waals surface area contributed by atoms with Crippen LogP contribution < -0.4 is 5.32 Å². The summed E-state index contributed by atoms with van der Waals surface area (Å²) in [6.45, 7) is 5.66. The lowest BCUT2D eigenvalue weighted by Crippen LogP contribution is -2.43. The highest BCUT2D eigenvalue weighted by Gasteiger charge is 2.50. The van der Waals surface area contributed by atoms with E-state index in [1.54, 1.807) is 20.8 Å². The molecule has 2 aliphatic heterocycles. The average molecular weight is 397 g/mol. The number of amidine groups is 1. The Morgan fingerprint density at radius 3 is 2.93 bits per heavy atom. The highest BCUT2D eigenvalue weighted by atomic mass is 32.2. The molecule has 1 fully saturated rings. The van der Waals surface area contributed by atoms with E-state index >= 15 is 0 Å². The zero-order chi connectivity index (χ0) is 19.8. The predicted molar refractivity (Wildman–Crippen MR) is 98.3 cm³/mol. The van der Waals surface area contributed by atoms with E-state index in [9.17, 15) is 19.3 Å². The van der Waals surface area contributed by atoms with Gasteiger partial charge in [-0.1, -0.05) is 11.8 Å². The zero-order valence-electron chi connectivity index (χ0n) is 15.2. The molecular formula is C17H20FN3O5S. The van der Waals surface area contributed by atoms with Gasteiger partial charge >= 0.3 is 6.09 Å². The Bertz CT molecular complexity index is 810. The third-order valence-corrected chi connectivity index (χ3v) is 5.31. The summed E-state index contributed by atoms with van der Waals surface area (Å²) in [6.07, 6.45) is -0.666. The van der Waals surface area contributed by atoms with Gasteiger partial charge in [0, 0.05) is 29.4 Å². The number of hydrogen-bond acceptors (Lipinski definition) is 7. The van der Waals surface area contributed by atoms with Crippen LogP contribution in [0.5, 0.6) is 0 Å². The van der Waals surface area contributed by atoms with Crippen LogP contribution in [0.3, 0.4) is 0 Å². The van der Waals surface area contributed by atoms with Gasteiger partial charge in [0.05, 0.1) is 18.1 Å². The number of nitro benzene ring substituents is 1. The van der Waals surface area contributed by atoms with Crippen molar-refractivity contribution >= 4 is 28.7 Å². The van der Waals surface area contributed by atoms with Crippen molar-refractivity contribution in [3.63, 3.8) is 0 Å². The highest BCUT2D eigenvalue weighted by molar-refractivity contribution is 8.13. The molecule has 1 amide bonds. The molecule has 0 radical (unpaired) electrons. The second kappa shape index (κ2) is 7.08. The van der Waals surface area contributed by atoms with Crippen LogP contribution in [-0.4, -0.2) is 40.8 Å². The number of hydrogen-bond donors (Lipinski definition) is 1. The van der Waals surface area contributed by atoms with Crippen molar-refractivity contribution in [2.75, 3.05) is 19.0 Å². The molecule has 2 heterocycles. The van der Waals surface area contributed by atoms with E-state index < -0.39 is 28.0 Å². The predicted octanol–water partition coefficient (Wildman–Crippen LogP) is 3.20. The number of thioether (sulfide) groups is 1. The number of halogens is 1. The third-order valence-electron chi connectivity index (χ3n) is 4.27. The van der Waals surface area contributed by atoms with Crippen molar-refractivity contribution in [1.29, 1.82) is 0 Å². The number of fused-ring (bicyclic) bond motifs is 1. The molecule has 0 aliphatic carbocycles. The molecule has 0 bridgehead atoms. The lowest BCUT2D eigenvalue weighted by Gasteiger charge is -2.34. The van der Waals surface area contributed by atoms with Crippen LogP contribution in [-0.2, 0) is 15.0 Å². The zero-order valence-corrected chi connectivity index (χ0v) is 16.0. The van der Waals surface area contributed by atoms with Crippen LogP contribution in [0.2, 0.25) is 0 Å². The Kier molecular flexibility index (Phi) is 5.13. The van der Waals surface area contributed by atoms with E-state index in [4.69, 9.17) is 9.47 Å². The van der Waals surface area contributed by atoms with Crippen LogP contribution in [0.25, 0.3) is 0 Å². The van der Waals surface area contributed by atoms with Crippen LogP contribution in [0.4, 0.5) is 14.9 Å². The SMILES string of the molecule is CC(C)(C)OC(=O)NC1=NC2(c3cc([N+](=O)[O-])ccc3F)COCC2CS1. The van der Waals surface area contributed by atoms with Gasteiger partial charge in [-0.05, 0) is 26.8 Å². The number of rotatable bonds is 2. The van der Waals surface area contributed by atoms with Gasteiger partial charge < -0.3 is 9.47 Å². The van der Waals surface area contributed by atoms with Gasteiger partial charge in [0.25, 0.3) is 5.69 Å². The van der Waals surface area contributed by atoms with Gasteiger partial charge in [-0.15, -0.1) is 0 Å². The molecule has 3 rings (SSSR count). The Labute approximate surface area is 159 Å². The topological polar surface area (TPSA) is 103 Å². The van der Waals surface area contributed by atoms with Gasteiger partial charge in [0.2, 0.25) is 0 Å². The first-order valence-electron chi connectivity index (χ1n) is 8.35. The van der Waals surface area contributed by atoms with E-state index in [2.05, 4.69) is 10.3 Å². The number of benzene rings is 1. The number of nitrogens with one attached hydrogen (secondary N) is 1. The van der Waals surface area contributed by atoms with E-state index in [0.717, 1.165) is 12.1 Å². The molecule has 1 aromatic rings. The fraction of sp³-hybridized carbons (Fsp3) is 0.529. The highest BCUT2D eigenvalue weighted by Crippen LogP contribution is 2.46. The Balaban J connectivity index is 1.97. The summed E-state index contributed by atoms with van der Waals surface area (Å²) in [6, 6.07) is 3.37. The number of ether oxygens (including phenoxy) is 2. The molecule has 0 spiro atoms. The first-order valence-corrected chi connectivity index (χ1v) is 9.34. The number of carbonyl (C=O) groups is 1. The molecule has 146 valence electrons. The van der Waals surface area contributed by atoms with Crippen molar-refractivity contribution < 1.29 is 23.6 Å². The standard InChI is InChI=1S/C17H20FN3O5S/c1-16(2,3)26-15(22)19-14-20-17(9-25-7-10(17)8-27-14)12-6-11(21(23)24)4-5-13(12)18/h4-6,10H,7-9H2,1-3H3,(H,19,20,22). The molecule has 27 heavy (non-hydrogen) atoms. The maximum atomic E-state index is 14.6. The van der Waals surface area contributed by atoms with Gasteiger partial charge in [0.1, 0.15) is 17.0 Å². The molecule has 0 saturated carbocycles. The second-order valence-corrected chi connectivity index (χ2v) is 8.42. The summed E-state index contributed by atoms with van der Waals surface area (Å²) in [5, 5.41) is 14.0. The molecule has 1 aromatic carbocycles.